The van der Waals surface area contributed by atoms with Crippen molar-refractivity contribution in [2.75, 3.05) is 7.11 Å². The van der Waals surface area contributed by atoms with Gasteiger partial charge in [-0.1, -0.05) is 0 Å². The summed E-state index contributed by atoms with van der Waals surface area (Å²) >= 11 is 5.20. The van der Waals surface area contributed by atoms with Gasteiger partial charge in [-0.25, -0.2) is 4.39 Å². The lowest BCUT2D eigenvalue weighted by atomic mass is 10.1. The fourth-order valence-corrected chi connectivity index (χ4v) is 2.12. The van der Waals surface area contributed by atoms with Crippen molar-refractivity contribution >= 4 is 17.3 Å². The fraction of sp³-hybridized carbons (Fsp3) is 0.462. The lowest BCUT2D eigenvalue weighted by Crippen LogP contribution is -2.38. The topological polar surface area (TPSA) is 33.3 Å². The van der Waals surface area contributed by atoms with Crippen molar-refractivity contribution < 1.29 is 9.13 Å². The van der Waals surface area contributed by atoms with E-state index < -0.39 is 0 Å². The molecular weight excluding hydrogens is 251 g/mol. The van der Waals surface area contributed by atoms with Crippen molar-refractivity contribution in [3.8, 4) is 5.75 Å². The van der Waals surface area contributed by atoms with Gasteiger partial charge in [0.1, 0.15) is 11.6 Å². The Kier molecular flexibility index (Phi) is 4.01. The minimum atomic E-state index is -0.277. The normalized spacial score (nSPS) is 15.9. The molecule has 0 unspecified atom stereocenters. The minimum absolute atomic E-state index is 0.102. The van der Waals surface area contributed by atoms with Gasteiger partial charge in [-0.15, -0.1) is 0 Å². The summed E-state index contributed by atoms with van der Waals surface area (Å²) < 4.78 is 18.5. The molecule has 1 aromatic rings. The van der Waals surface area contributed by atoms with Crippen LogP contribution in [-0.2, 0) is 0 Å². The molecule has 0 saturated heterocycles. The van der Waals surface area contributed by atoms with Gasteiger partial charge in [0, 0.05) is 11.6 Å². The molecule has 2 N–H and O–H groups in total. The zero-order valence-electron chi connectivity index (χ0n) is 10.5. The van der Waals surface area contributed by atoms with Crippen LogP contribution in [0.2, 0.25) is 0 Å². The molecule has 2 rings (SSSR count). The van der Waals surface area contributed by atoms with Gasteiger partial charge in [-0.3, -0.25) is 0 Å². The first-order valence-corrected chi connectivity index (χ1v) is 6.41. The average molecular weight is 268 g/mol. The summed E-state index contributed by atoms with van der Waals surface area (Å²) in [4.78, 5) is 0. The third-order valence-corrected chi connectivity index (χ3v) is 3.15. The van der Waals surface area contributed by atoms with E-state index >= 15 is 0 Å². The van der Waals surface area contributed by atoms with Crippen molar-refractivity contribution in [3.05, 3.63) is 29.6 Å². The van der Waals surface area contributed by atoms with E-state index in [9.17, 15) is 4.39 Å². The average Bonchev–Trinajstić information content (AvgIpc) is 3.12. The number of rotatable bonds is 4. The highest BCUT2D eigenvalue weighted by Gasteiger charge is 2.22. The molecule has 0 radical (unpaired) electrons. The van der Waals surface area contributed by atoms with Crippen LogP contribution >= 0.6 is 12.2 Å². The molecule has 0 aromatic heterocycles. The van der Waals surface area contributed by atoms with E-state index in [0.29, 0.717) is 16.9 Å². The van der Waals surface area contributed by atoms with Crippen LogP contribution in [0.4, 0.5) is 4.39 Å². The molecule has 1 fully saturated rings. The van der Waals surface area contributed by atoms with Gasteiger partial charge >= 0.3 is 0 Å². The maximum Gasteiger partial charge on any atom is 0.166 e. The van der Waals surface area contributed by atoms with E-state index in [1.54, 1.807) is 13.2 Å². The Bertz CT molecular complexity index is 449. The number of halogens is 1. The first kappa shape index (κ1) is 13.1. The Morgan fingerprint density at radius 1 is 1.50 bits per heavy atom. The van der Waals surface area contributed by atoms with Crippen LogP contribution in [0, 0.1) is 5.82 Å². The van der Waals surface area contributed by atoms with Gasteiger partial charge < -0.3 is 15.4 Å². The zero-order chi connectivity index (χ0) is 13.1. The SMILES string of the molecule is COc1ccc(F)cc1[C@@H](C)NC(=S)NC1CC1. The summed E-state index contributed by atoms with van der Waals surface area (Å²) in [5.74, 6) is 0.381. The minimum Gasteiger partial charge on any atom is -0.496 e. The number of thiocarbonyl (C=S) groups is 1. The molecule has 0 aliphatic heterocycles. The summed E-state index contributed by atoms with van der Waals surface area (Å²) in [6.45, 7) is 1.93. The molecular formula is C13H17FN2OS. The first-order chi connectivity index (χ1) is 8.60. The van der Waals surface area contributed by atoms with Crippen LogP contribution in [0.15, 0.2) is 18.2 Å². The van der Waals surface area contributed by atoms with Gasteiger partial charge in [0.2, 0.25) is 0 Å². The predicted octanol–water partition coefficient (Wildman–Crippen LogP) is 2.52. The summed E-state index contributed by atoms with van der Waals surface area (Å²) in [6.07, 6.45) is 2.33. The van der Waals surface area contributed by atoms with Crippen LogP contribution in [0.1, 0.15) is 31.4 Å². The third-order valence-electron chi connectivity index (χ3n) is 2.92. The fourth-order valence-electron chi connectivity index (χ4n) is 1.77. The number of hydrogen-bond donors (Lipinski definition) is 2. The van der Waals surface area contributed by atoms with Crippen molar-refractivity contribution in [3.63, 3.8) is 0 Å². The molecule has 1 aliphatic rings. The Balaban J connectivity index is 2.04. The van der Waals surface area contributed by atoms with Crippen LogP contribution in [0.3, 0.4) is 0 Å². The number of nitrogens with one attached hydrogen (secondary N) is 2. The molecule has 5 heteroatoms. The monoisotopic (exact) mass is 268 g/mol. The highest BCUT2D eigenvalue weighted by atomic mass is 32.1. The molecule has 0 spiro atoms. The maximum atomic E-state index is 13.3. The number of benzene rings is 1. The Morgan fingerprint density at radius 3 is 2.83 bits per heavy atom. The second-order valence-electron chi connectivity index (χ2n) is 4.50. The molecule has 0 amide bonds. The van der Waals surface area contributed by atoms with Crippen molar-refractivity contribution in [1.82, 2.24) is 10.6 Å². The van der Waals surface area contributed by atoms with Crippen LogP contribution in [-0.4, -0.2) is 18.3 Å². The third kappa shape index (κ3) is 3.32. The Labute approximate surface area is 112 Å². The van der Waals surface area contributed by atoms with Crippen LogP contribution in [0.25, 0.3) is 0 Å². The molecule has 1 aliphatic carbocycles. The van der Waals surface area contributed by atoms with E-state index in [-0.39, 0.29) is 11.9 Å². The van der Waals surface area contributed by atoms with Crippen LogP contribution < -0.4 is 15.4 Å². The van der Waals surface area contributed by atoms with E-state index in [1.165, 1.54) is 25.0 Å². The molecule has 1 atom stereocenters. The zero-order valence-corrected chi connectivity index (χ0v) is 11.3. The van der Waals surface area contributed by atoms with Gasteiger partial charge in [0.15, 0.2) is 5.11 Å². The Hall–Kier alpha value is -1.36. The van der Waals surface area contributed by atoms with Gasteiger partial charge in [0.05, 0.1) is 13.2 Å². The molecule has 98 valence electrons. The van der Waals surface area contributed by atoms with Gasteiger partial charge in [-0.2, -0.15) is 0 Å². The highest BCUT2D eigenvalue weighted by Crippen LogP contribution is 2.26. The lowest BCUT2D eigenvalue weighted by Gasteiger charge is -2.19. The molecule has 1 aromatic carbocycles. The largest absolute Gasteiger partial charge is 0.496 e. The smallest absolute Gasteiger partial charge is 0.166 e. The Morgan fingerprint density at radius 2 is 2.22 bits per heavy atom. The summed E-state index contributed by atoms with van der Waals surface area (Å²) in [5, 5.41) is 6.94. The van der Waals surface area contributed by atoms with E-state index in [0.717, 1.165) is 5.56 Å². The van der Waals surface area contributed by atoms with Gasteiger partial charge in [0.25, 0.3) is 0 Å². The molecule has 1 saturated carbocycles. The highest BCUT2D eigenvalue weighted by molar-refractivity contribution is 7.80. The van der Waals surface area contributed by atoms with Crippen molar-refractivity contribution in [2.24, 2.45) is 0 Å². The molecule has 3 nitrogen and oxygen atoms in total. The molecule has 18 heavy (non-hydrogen) atoms. The number of ether oxygens (including phenoxy) is 1. The summed E-state index contributed by atoms with van der Waals surface area (Å²) in [7, 11) is 1.57. The quantitative estimate of drug-likeness (QED) is 0.822. The molecule has 0 heterocycles. The van der Waals surface area contributed by atoms with Crippen molar-refractivity contribution in [2.45, 2.75) is 31.8 Å². The number of hydrogen-bond acceptors (Lipinski definition) is 2. The summed E-state index contributed by atoms with van der Waals surface area (Å²) in [5.41, 5.74) is 0.762. The standard InChI is InChI=1S/C13H17FN2OS/c1-8(15-13(18)16-10-4-5-10)11-7-9(14)3-6-12(11)17-2/h3,6-8,10H,4-5H2,1-2H3,(H2,15,16,18)/t8-/m1/s1. The molecule has 0 bridgehead atoms. The van der Waals surface area contributed by atoms with Crippen molar-refractivity contribution in [1.29, 1.82) is 0 Å². The lowest BCUT2D eigenvalue weighted by molar-refractivity contribution is 0.403. The first-order valence-electron chi connectivity index (χ1n) is 6.00. The maximum absolute atomic E-state index is 13.3. The van der Waals surface area contributed by atoms with E-state index in [4.69, 9.17) is 17.0 Å². The van der Waals surface area contributed by atoms with E-state index in [1.807, 2.05) is 6.92 Å². The predicted molar refractivity (Wildman–Crippen MR) is 73.3 cm³/mol. The van der Waals surface area contributed by atoms with Gasteiger partial charge in [-0.05, 0) is 50.2 Å². The number of methoxy groups -OCH3 is 1. The summed E-state index contributed by atoms with van der Waals surface area (Å²) in [6, 6.07) is 4.88. The van der Waals surface area contributed by atoms with E-state index in [2.05, 4.69) is 10.6 Å². The second-order valence-corrected chi connectivity index (χ2v) is 4.91. The van der Waals surface area contributed by atoms with Crippen LogP contribution in [0.5, 0.6) is 5.75 Å². The second kappa shape index (κ2) is 5.52.